The molecule has 0 saturated heterocycles. The van der Waals surface area contributed by atoms with E-state index in [1.165, 1.54) is 18.9 Å². The maximum Gasteiger partial charge on any atom is 0.373 e. The van der Waals surface area contributed by atoms with E-state index in [1.54, 1.807) is 19.2 Å². The summed E-state index contributed by atoms with van der Waals surface area (Å²) in [5.74, 6) is 2.08. The fraction of sp³-hybridized carbons (Fsp3) is 0.136. The lowest BCUT2D eigenvalue weighted by atomic mass is 10.2. The van der Waals surface area contributed by atoms with Crippen molar-refractivity contribution in [3.8, 4) is 22.8 Å². The molecule has 0 aliphatic carbocycles. The molecule has 0 N–H and O–H groups in total. The van der Waals surface area contributed by atoms with Crippen LogP contribution in [0.4, 0.5) is 0 Å². The summed E-state index contributed by atoms with van der Waals surface area (Å²) >= 11 is 7.86. The van der Waals surface area contributed by atoms with Crippen LogP contribution in [0.15, 0.2) is 70.2 Å². The molecule has 9 heteroatoms. The van der Waals surface area contributed by atoms with Gasteiger partial charge in [0.1, 0.15) is 11.5 Å². The largest absolute Gasteiger partial charge is 0.497 e. The molecule has 4 rings (SSSR count). The average Bonchev–Trinajstić information content (AvgIpc) is 3.45. The molecular weight excluding hydrogens is 438 g/mol. The van der Waals surface area contributed by atoms with Crippen LogP contribution < -0.4 is 4.74 Å². The SMILES string of the molecule is COC(=O)c1ccc(CSc2nnc(-c3ccccc3Cl)n2-c2ccc(OC)cc2)o1. The van der Waals surface area contributed by atoms with Gasteiger partial charge in [0, 0.05) is 11.3 Å². The van der Waals surface area contributed by atoms with Crippen LogP contribution >= 0.6 is 23.4 Å². The molecule has 4 aromatic rings. The van der Waals surface area contributed by atoms with Crippen molar-refractivity contribution in [3.05, 3.63) is 77.2 Å². The van der Waals surface area contributed by atoms with Gasteiger partial charge in [-0.1, -0.05) is 35.5 Å². The van der Waals surface area contributed by atoms with Gasteiger partial charge in [-0.25, -0.2) is 4.79 Å². The zero-order valence-electron chi connectivity index (χ0n) is 16.7. The molecule has 0 radical (unpaired) electrons. The topological polar surface area (TPSA) is 79.4 Å². The summed E-state index contributed by atoms with van der Waals surface area (Å²) in [6.45, 7) is 0. The third-order valence-electron chi connectivity index (χ3n) is 4.47. The van der Waals surface area contributed by atoms with E-state index in [1.807, 2.05) is 53.1 Å². The maximum absolute atomic E-state index is 11.6. The summed E-state index contributed by atoms with van der Waals surface area (Å²) in [4.78, 5) is 11.6. The molecule has 0 aliphatic heterocycles. The lowest BCUT2D eigenvalue weighted by Gasteiger charge is -2.11. The van der Waals surface area contributed by atoms with Gasteiger partial charge in [0.2, 0.25) is 5.76 Å². The number of carbonyl (C=O) groups excluding carboxylic acids is 1. The molecule has 0 unspecified atom stereocenters. The molecule has 2 aromatic heterocycles. The lowest BCUT2D eigenvalue weighted by molar-refractivity contribution is 0.0563. The first kappa shape index (κ1) is 21.0. The molecule has 31 heavy (non-hydrogen) atoms. The number of methoxy groups -OCH3 is 2. The second-order valence-corrected chi connectivity index (χ2v) is 7.72. The van der Waals surface area contributed by atoms with Crippen LogP contribution in [0.1, 0.15) is 16.3 Å². The summed E-state index contributed by atoms with van der Waals surface area (Å²) in [6.07, 6.45) is 0. The molecule has 0 bridgehead atoms. The van der Waals surface area contributed by atoms with Crippen LogP contribution in [0.3, 0.4) is 0 Å². The Hall–Kier alpha value is -3.23. The summed E-state index contributed by atoms with van der Waals surface area (Å²) in [5.41, 5.74) is 1.63. The molecule has 0 saturated carbocycles. The Balaban J connectivity index is 1.69. The van der Waals surface area contributed by atoms with Crippen LogP contribution in [-0.2, 0) is 10.5 Å². The highest BCUT2D eigenvalue weighted by atomic mass is 35.5. The van der Waals surface area contributed by atoms with Crippen LogP contribution in [0.2, 0.25) is 5.02 Å². The molecular formula is C22H18ClN3O4S. The summed E-state index contributed by atoms with van der Waals surface area (Å²) in [6, 6.07) is 18.4. The number of rotatable bonds is 7. The zero-order chi connectivity index (χ0) is 21.8. The Morgan fingerprint density at radius 2 is 1.84 bits per heavy atom. The van der Waals surface area contributed by atoms with E-state index < -0.39 is 5.97 Å². The minimum absolute atomic E-state index is 0.159. The van der Waals surface area contributed by atoms with Gasteiger partial charge >= 0.3 is 5.97 Å². The van der Waals surface area contributed by atoms with Crippen LogP contribution in [0, 0.1) is 0 Å². The van der Waals surface area contributed by atoms with Gasteiger partial charge in [-0.3, -0.25) is 4.57 Å². The van der Waals surface area contributed by atoms with Crippen molar-refractivity contribution in [1.29, 1.82) is 0 Å². The van der Waals surface area contributed by atoms with Crippen LogP contribution in [-0.4, -0.2) is 35.0 Å². The van der Waals surface area contributed by atoms with Gasteiger partial charge in [0.15, 0.2) is 11.0 Å². The maximum atomic E-state index is 11.6. The molecule has 0 aliphatic rings. The van der Waals surface area contributed by atoms with Gasteiger partial charge in [-0.2, -0.15) is 0 Å². The third kappa shape index (κ3) is 4.45. The van der Waals surface area contributed by atoms with Crippen molar-refractivity contribution >= 4 is 29.3 Å². The highest BCUT2D eigenvalue weighted by Gasteiger charge is 2.19. The van der Waals surface area contributed by atoms with E-state index in [9.17, 15) is 4.79 Å². The van der Waals surface area contributed by atoms with E-state index in [0.717, 1.165) is 17.0 Å². The van der Waals surface area contributed by atoms with Crippen molar-refractivity contribution in [1.82, 2.24) is 14.8 Å². The average molecular weight is 456 g/mol. The number of benzene rings is 2. The molecule has 7 nitrogen and oxygen atoms in total. The number of furan rings is 1. The molecule has 0 atom stereocenters. The number of nitrogens with zero attached hydrogens (tertiary/aromatic N) is 3. The minimum Gasteiger partial charge on any atom is -0.497 e. The summed E-state index contributed by atoms with van der Waals surface area (Å²) in [5, 5.41) is 10.0. The van der Waals surface area contributed by atoms with Crippen molar-refractivity contribution < 1.29 is 18.7 Å². The van der Waals surface area contributed by atoms with E-state index in [0.29, 0.717) is 27.5 Å². The number of halogens is 1. The highest BCUT2D eigenvalue weighted by molar-refractivity contribution is 7.98. The van der Waals surface area contributed by atoms with Crippen molar-refractivity contribution in [2.45, 2.75) is 10.9 Å². The smallest absolute Gasteiger partial charge is 0.373 e. The zero-order valence-corrected chi connectivity index (χ0v) is 18.3. The molecule has 0 fully saturated rings. The predicted octanol–water partition coefficient (Wildman–Crippen LogP) is 5.27. The fourth-order valence-corrected chi connectivity index (χ4v) is 4.01. The second-order valence-electron chi connectivity index (χ2n) is 6.37. The van der Waals surface area contributed by atoms with Gasteiger partial charge < -0.3 is 13.9 Å². The summed E-state index contributed by atoms with van der Waals surface area (Å²) in [7, 11) is 2.93. The molecule has 0 spiro atoms. The third-order valence-corrected chi connectivity index (χ3v) is 5.75. The number of hydrogen-bond donors (Lipinski definition) is 0. The van der Waals surface area contributed by atoms with E-state index in [-0.39, 0.29) is 5.76 Å². The Bertz CT molecular complexity index is 1200. The first-order valence-corrected chi connectivity index (χ1v) is 10.6. The molecule has 2 aromatic carbocycles. The van der Waals surface area contributed by atoms with E-state index in [2.05, 4.69) is 14.9 Å². The van der Waals surface area contributed by atoms with Gasteiger partial charge in [0.05, 0.1) is 25.0 Å². The number of hydrogen-bond acceptors (Lipinski definition) is 7. The standard InChI is InChI=1S/C22H18ClN3O4S/c1-28-15-9-7-14(8-10-15)26-20(17-5-3-4-6-18(17)23)24-25-22(26)31-13-16-11-12-19(30-16)21(27)29-2/h3-12H,13H2,1-2H3. The van der Waals surface area contributed by atoms with E-state index >= 15 is 0 Å². The normalized spacial score (nSPS) is 10.8. The van der Waals surface area contributed by atoms with Crippen molar-refractivity contribution in [3.63, 3.8) is 0 Å². The second kappa shape index (κ2) is 9.28. The predicted molar refractivity (Wildman–Crippen MR) is 118 cm³/mol. The Morgan fingerprint density at radius 1 is 1.06 bits per heavy atom. The highest BCUT2D eigenvalue weighted by Crippen LogP contribution is 2.33. The quantitative estimate of drug-likeness (QED) is 0.277. The number of thioether (sulfide) groups is 1. The van der Waals surface area contributed by atoms with E-state index in [4.69, 9.17) is 20.8 Å². The minimum atomic E-state index is -0.515. The van der Waals surface area contributed by atoms with Crippen molar-refractivity contribution in [2.24, 2.45) is 0 Å². The first-order valence-electron chi connectivity index (χ1n) is 9.25. The van der Waals surface area contributed by atoms with Crippen LogP contribution in [0.25, 0.3) is 17.1 Å². The lowest BCUT2D eigenvalue weighted by Crippen LogP contribution is -2.00. The van der Waals surface area contributed by atoms with Gasteiger partial charge in [-0.05, 0) is 48.5 Å². The first-order chi connectivity index (χ1) is 15.1. The monoisotopic (exact) mass is 455 g/mol. The number of carbonyl (C=O) groups is 1. The number of ether oxygens (including phenoxy) is 2. The molecule has 0 amide bonds. The number of esters is 1. The molecule has 2 heterocycles. The van der Waals surface area contributed by atoms with Crippen molar-refractivity contribution in [2.75, 3.05) is 14.2 Å². The fourth-order valence-electron chi connectivity index (χ4n) is 2.95. The number of aromatic nitrogens is 3. The Morgan fingerprint density at radius 3 is 2.55 bits per heavy atom. The van der Waals surface area contributed by atoms with Crippen LogP contribution in [0.5, 0.6) is 5.75 Å². The summed E-state index contributed by atoms with van der Waals surface area (Å²) < 4.78 is 17.4. The Kier molecular flexibility index (Phi) is 6.29. The van der Waals surface area contributed by atoms with Gasteiger partial charge in [0.25, 0.3) is 0 Å². The van der Waals surface area contributed by atoms with Gasteiger partial charge in [-0.15, -0.1) is 10.2 Å². The molecule has 158 valence electrons. The Labute approximate surface area is 187 Å².